The van der Waals surface area contributed by atoms with Crippen LogP contribution in [0.25, 0.3) is 22.2 Å². The van der Waals surface area contributed by atoms with Gasteiger partial charge in [0.05, 0.1) is 24.3 Å². The summed E-state index contributed by atoms with van der Waals surface area (Å²) in [5.74, 6) is 1.94. The summed E-state index contributed by atoms with van der Waals surface area (Å²) in [6, 6.07) is 16.8. The third-order valence-electron chi connectivity index (χ3n) is 4.73. The molecule has 5 rings (SSSR count). The second-order valence-corrected chi connectivity index (χ2v) is 6.28. The van der Waals surface area contributed by atoms with E-state index in [-0.39, 0.29) is 0 Å². The summed E-state index contributed by atoms with van der Waals surface area (Å²) in [4.78, 5) is 13.0. The van der Waals surface area contributed by atoms with Gasteiger partial charge in [-0.3, -0.25) is 9.98 Å². The van der Waals surface area contributed by atoms with E-state index >= 15 is 0 Å². The minimum atomic E-state index is 0.817. The minimum absolute atomic E-state index is 0.817. The lowest BCUT2D eigenvalue weighted by molar-refractivity contribution is 0.960. The third-order valence-corrected chi connectivity index (χ3v) is 4.73. The molecular formula is C20H19N5. The van der Waals surface area contributed by atoms with Crippen LogP contribution in [0.5, 0.6) is 0 Å². The van der Waals surface area contributed by atoms with Crippen molar-refractivity contribution in [2.24, 2.45) is 9.98 Å². The molecule has 0 saturated carbocycles. The average Bonchev–Trinajstić information content (AvgIpc) is 3.40. The van der Waals surface area contributed by atoms with Crippen molar-refractivity contribution >= 4 is 22.6 Å². The summed E-state index contributed by atoms with van der Waals surface area (Å²) < 4.78 is 0. The van der Waals surface area contributed by atoms with Crippen molar-refractivity contribution in [1.82, 2.24) is 15.6 Å². The Kier molecular flexibility index (Phi) is 3.30. The van der Waals surface area contributed by atoms with Crippen molar-refractivity contribution in [3.05, 3.63) is 59.7 Å². The Morgan fingerprint density at radius 2 is 1.52 bits per heavy atom. The number of hydrogen-bond donors (Lipinski definition) is 3. The first-order valence-corrected chi connectivity index (χ1v) is 8.69. The van der Waals surface area contributed by atoms with E-state index in [0.29, 0.717) is 0 Å². The molecule has 5 heteroatoms. The van der Waals surface area contributed by atoms with E-state index in [1.165, 1.54) is 5.39 Å². The van der Waals surface area contributed by atoms with Crippen LogP contribution in [-0.2, 0) is 0 Å². The molecule has 0 bridgehead atoms. The highest BCUT2D eigenvalue weighted by molar-refractivity contribution is 6.21. The monoisotopic (exact) mass is 329 g/mol. The molecule has 1 aromatic heterocycles. The molecule has 3 aromatic rings. The summed E-state index contributed by atoms with van der Waals surface area (Å²) in [6.07, 6.45) is 0. The van der Waals surface area contributed by atoms with Crippen LogP contribution in [0.3, 0.4) is 0 Å². The van der Waals surface area contributed by atoms with E-state index in [0.717, 1.165) is 65.8 Å². The van der Waals surface area contributed by atoms with E-state index in [1.807, 2.05) is 6.07 Å². The number of aromatic amines is 1. The summed E-state index contributed by atoms with van der Waals surface area (Å²) in [5, 5.41) is 8.04. The second-order valence-electron chi connectivity index (χ2n) is 6.28. The lowest BCUT2D eigenvalue weighted by Gasteiger charge is -2.09. The Morgan fingerprint density at radius 1 is 0.760 bits per heavy atom. The molecule has 0 saturated heterocycles. The van der Waals surface area contributed by atoms with Crippen LogP contribution in [0.15, 0.2) is 58.5 Å². The molecule has 0 atom stereocenters. The highest BCUT2D eigenvalue weighted by Crippen LogP contribution is 2.33. The highest BCUT2D eigenvalue weighted by Gasteiger charge is 2.23. The molecule has 0 spiro atoms. The Morgan fingerprint density at radius 3 is 2.24 bits per heavy atom. The smallest absolute Gasteiger partial charge is 0.131 e. The highest BCUT2D eigenvalue weighted by atomic mass is 15.1. The zero-order valence-electron chi connectivity index (χ0n) is 13.8. The predicted octanol–water partition coefficient (Wildman–Crippen LogP) is 2.53. The molecule has 3 N–H and O–H groups in total. The quantitative estimate of drug-likeness (QED) is 0.691. The SMILES string of the molecule is c1ccc(-c2[nH]c3cccc(C4=NCCN4)c3c2C2=NCCN2)cc1. The number of aromatic nitrogens is 1. The van der Waals surface area contributed by atoms with Gasteiger partial charge in [-0.2, -0.15) is 0 Å². The normalized spacial score (nSPS) is 16.5. The Hall–Kier alpha value is -3.08. The predicted molar refractivity (Wildman–Crippen MR) is 103 cm³/mol. The lowest BCUT2D eigenvalue weighted by Crippen LogP contribution is -2.22. The first-order valence-electron chi connectivity index (χ1n) is 8.69. The van der Waals surface area contributed by atoms with Gasteiger partial charge in [-0.1, -0.05) is 42.5 Å². The van der Waals surface area contributed by atoms with Crippen molar-refractivity contribution in [3.8, 4) is 11.3 Å². The van der Waals surface area contributed by atoms with Crippen LogP contribution < -0.4 is 10.6 Å². The molecule has 0 amide bonds. The molecule has 124 valence electrons. The number of nitrogens with one attached hydrogen (secondary N) is 3. The number of aliphatic imine (C=N–C) groups is 2. The van der Waals surface area contributed by atoms with E-state index in [2.05, 4.69) is 63.1 Å². The van der Waals surface area contributed by atoms with Gasteiger partial charge in [-0.25, -0.2) is 0 Å². The van der Waals surface area contributed by atoms with Gasteiger partial charge in [0.15, 0.2) is 0 Å². The number of rotatable bonds is 3. The van der Waals surface area contributed by atoms with Gasteiger partial charge in [0.2, 0.25) is 0 Å². The summed E-state index contributed by atoms with van der Waals surface area (Å²) in [6.45, 7) is 3.43. The van der Waals surface area contributed by atoms with Gasteiger partial charge < -0.3 is 15.6 Å². The maximum absolute atomic E-state index is 4.71. The summed E-state index contributed by atoms with van der Waals surface area (Å²) in [5.41, 5.74) is 5.66. The van der Waals surface area contributed by atoms with E-state index in [4.69, 9.17) is 4.99 Å². The van der Waals surface area contributed by atoms with Crippen LogP contribution in [0, 0.1) is 0 Å². The first kappa shape index (κ1) is 14.3. The van der Waals surface area contributed by atoms with Gasteiger partial charge in [-0.05, 0) is 11.6 Å². The van der Waals surface area contributed by atoms with E-state index in [9.17, 15) is 0 Å². The third kappa shape index (κ3) is 2.31. The lowest BCUT2D eigenvalue weighted by atomic mass is 10.00. The van der Waals surface area contributed by atoms with Crippen LogP contribution in [-0.4, -0.2) is 42.8 Å². The molecule has 0 unspecified atom stereocenters. The van der Waals surface area contributed by atoms with Crippen LogP contribution >= 0.6 is 0 Å². The zero-order chi connectivity index (χ0) is 16.6. The van der Waals surface area contributed by atoms with Gasteiger partial charge in [-0.15, -0.1) is 0 Å². The molecule has 0 fully saturated rings. The Labute approximate surface area is 145 Å². The second kappa shape index (κ2) is 5.77. The number of hydrogen-bond acceptors (Lipinski definition) is 4. The Bertz CT molecular complexity index is 998. The maximum atomic E-state index is 4.71. The van der Waals surface area contributed by atoms with Gasteiger partial charge in [0, 0.05) is 29.6 Å². The number of fused-ring (bicyclic) bond motifs is 1. The fourth-order valence-electron chi connectivity index (χ4n) is 3.65. The van der Waals surface area contributed by atoms with Crippen molar-refractivity contribution < 1.29 is 0 Å². The first-order chi connectivity index (χ1) is 12.4. The van der Waals surface area contributed by atoms with Gasteiger partial charge in [0.1, 0.15) is 11.7 Å². The fraction of sp³-hybridized carbons (Fsp3) is 0.200. The van der Waals surface area contributed by atoms with Crippen molar-refractivity contribution in [2.75, 3.05) is 26.2 Å². The molecule has 2 aromatic carbocycles. The molecule has 3 heterocycles. The van der Waals surface area contributed by atoms with Crippen LogP contribution in [0.1, 0.15) is 11.1 Å². The molecular weight excluding hydrogens is 310 g/mol. The molecule has 25 heavy (non-hydrogen) atoms. The van der Waals surface area contributed by atoms with E-state index < -0.39 is 0 Å². The van der Waals surface area contributed by atoms with E-state index in [1.54, 1.807) is 0 Å². The number of nitrogens with zero attached hydrogens (tertiary/aromatic N) is 2. The number of amidine groups is 2. The van der Waals surface area contributed by atoms with Gasteiger partial charge >= 0.3 is 0 Å². The van der Waals surface area contributed by atoms with Crippen molar-refractivity contribution in [1.29, 1.82) is 0 Å². The topological polar surface area (TPSA) is 64.6 Å². The largest absolute Gasteiger partial charge is 0.368 e. The molecule has 0 aliphatic carbocycles. The Balaban J connectivity index is 1.83. The molecule has 0 radical (unpaired) electrons. The average molecular weight is 329 g/mol. The standard InChI is InChI=1S/C20H19N5/c1-2-5-13(6-3-1)18-17(20-23-11-12-24-20)16-14(19-21-9-10-22-19)7-4-8-15(16)25-18/h1-8,25H,9-12H2,(H,21,22)(H,23,24). The van der Waals surface area contributed by atoms with Crippen LogP contribution in [0.4, 0.5) is 0 Å². The summed E-state index contributed by atoms with van der Waals surface area (Å²) >= 11 is 0. The van der Waals surface area contributed by atoms with Crippen molar-refractivity contribution in [2.45, 2.75) is 0 Å². The number of benzene rings is 2. The molecule has 5 nitrogen and oxygen atoms in total. The fourth-order valence-corrected chi connectivity index (χ4v) is 3.65. The maximum Gasteiger partial charge on any atom is 0.131 e. The molecule has 2 aliphatic rings. The van der Waals surface area contributed by atoms with Crippen LogP contribution in [0.2, 0.25) is 0 Å². The summed E-state index contributed by atoms with van der Waals surface area (Å²) in [7, 11) is 0. The molecule has 2 aliphatic heterocycles. The number of H-pyrrole nitrogens is 1. The minimum Gasteiger partial charge on any atom is -0.368 e. The van der Waals surface area contributed by atoms with Crippen molar-refractivity contribution in [3.63, 3.8) is 0 Å². The zero-order valence-corrected chi connectivity index (χ0v) is 13.8. The van der Waals surface area contributed by atoms with Gasteiger partial charge in [0.25, 0.3) is 0 Å².